The summed E-state index contributed by atoms with van der Waals surface area (Å²) in [5, 5.41) is 18.8. The number of aromatic nitrogens is 5. The number of nitrogens with zero attached hydrogens (tertiary/aromatic N) is 4. The topological polar surface area (TPSA) is 82.7 Å². The first-order valence-corrected chi connectivity index (χ1v) is 12.9. The standard InChI is InChI=1S/C29H32N6O/c1-19(2)11-14-36-24-9-7-20-15-22(6-5-21(20)16-24)28-25-17-23(8-10-26(25)31-33-28)29-30-27(32-34-29)18-35-12-3-4-13-35/h5-10,15-17,19H,3-4,11-14,18H2,1-2H3,(H,31,33)(H,30,32,34). The molecule has 36 heavy (non-hydrogen) atoms. The van der Waals surface area contributed by atoms with Crippen LogP contribution in [0, 0.1) is 5.92 Å². The maximum Gasteiger partial charge on any atom is 0.181 e. The first-order valence-electron chi connectivity index (χ1n) is 12.9. The van der Waals surface area contributed by atoms with Crippen molar-refractivity contribution in [2.24, 2.45) is 5.92 Å². The Balaban J connectivity index is 1.26. The van der Waals surface area contributed by atoms with Crippen LogP contribution in [-0.4, -0.2) is 50.0 Å². The van der Waals surface area contributed by atoms with Crippen molar-refractivity contribution in [3.63, 3.8) is 0 Å². The first-order chi connectivity index (χ1) is 17.6. The Morgan fingerprint density at radius 2 is 1.69 bits per heavy atom. The van der Waals surface area contributed by atoms with Crippen molar-refractivity contribution >= 4 is 21.7 Å². The van der Waals surface area contributed by atoms with Crippen molar-refractivity contribution in [1.82, 2.24) is 30.3 Å². The molecule has 1 saturated heterocycles. The van der Waals surface area contributed by atoms with Crippen molar-refractivity contribution < 1.29 is 4.74 Å². The minimum absolute atomic E-state index is 0.637. The van der Waals surface area contributed by atoms with Gasteiger partial charge in [-0.25, -0.2) is 4.98 Å². The summed E-state index contributed by atoms with van der Waals surface area (Å²) in [5.74, 6) is 3.20. The Kier molecular flexibility index (Phi) is 6.15. The largest absolute Gasteiger partial charge is 0.494 e. The van der Waals surface area contributed by atoms with Gasteiger partial charge in [0, 0.05) is 16.5 Å². The summed E-state index contributed by atoms with van der Waals surface area (Å²) in [6, 6.07) is 19.0. The van der Waals surface area contributed by atoms with E-state index in [9.17, 15) is 0 Å². The normalized spacial score (nSPS) is 14.4. The molecule has 3 heterocycles. The number of hydrogen-bond donors (Lipinski definition) is 2. The molecule has 1 aliphatic rings. The van der Waals surface area contributed by atoms with E-state index in [-0.39, 0.29) is 0 Å². The van der Waals surface area contributed by atoms with E-state index in [1.54, 1.807) is 0 Å². The lowest BCUT2D eigenvalue weighted by atomic mass is 10.0. The van der Waals surface area contributed by atoms with Gasteiger partial charge in [-0.15, -0.1) is 0 Å². The van der Waals surface area contributed by atoms with E-state index in [0.717, 1.165) is 88.6 Å². The number of benzene rings is 3. The fourth-order valence-electron chi connectivity index (χ4n) is 4.89. The molecule has 0 saturated carbocycles. The third-order valence-electron chi connectivity index (χ3n) is 6.97. The van der Waals surface area contributed by atoms with Crippen molar-refractivity contribution in [3.05, 3.63) is 60.4 Å². The molecule has 2 N–H and O–H groups in total. The number of H-pyrrole nitrogens is 2. The molecule has 1 fully saturated rings. The summed E-state index contributed by atoms with van der Waals surface area (Å²) >= 11 is 0. The summed E-state index contributed by atoms with van der Waals surface area (Å²) in [6.07, 6.45) is 3.59. The highest BCUT2D eigenvalue weighted by Crippen LogP contribution is 2.32. The van der Waals surface area contributed by atoms with E-state index in [1.165, 1.54) is 12.8 Å². The molecule has 0 aliphatic carbocycles. The predicted octanol–water partition coefficient (Wildman–Crippen LogP) is 6.19. The average molecular weight is 481 g/mol. The molecule has 0 bridgehead atoms. The van der Waals surface area contributed by atoms with Crippen molar-refractivity contribution in [3.8, 4) is 28.4 Å². The van der Waals surface area contributed by atoms with Gasteiger partial charge in [-0.3, -0.25) is 15.1 Å². The zero-order chi connectivity index (χ0) is 24.5. The summed E-state index contributed by atoms with van der Waals surface area (Å²) < 4.78 is 5.94. The second-order valence-electron chi connectivity index (χ2n) is 10.2. The van der Waals surface area contributed by atoms with E-state index < -0.39 is 0 Å². The Morgan fingerprint density at radius 3 is 2.56 bits per heavy atom. The van der Waals surface area contributed by atoms with Crippen LogP contribution in [0.5, 0.6) is 5.75 Å². The van der Waals surface area contributed by atoms with Gasteiger partial charge < -0.3 is 4.74 Å². The molecular weight excluding hydrogens is 448 g/mol. The van der Waals surface area contributed by atoms with Gasteiger partial charge in [-0.2, -0.15) is 10.2 Å². The summed E-state index contributed by atoms with van der Waals surface area (Å²) in [5.41, 5.74) is 3.98. The van der Waals surface area contributed by atoms with Crippen LogP contribution in [0.25, 0.3) is 44.3 Å². The third-order valence-corrected chi connectivity index (χ3v) is 6.97. The smallest absolute Gasteiger partial charge is 0.181 e. The Labute approximate surface area is 210 Å². The Hall–Kier alpha value is -3.71. The molecule has 184 valence electrons. The van der Waals surface area contributed by atoms with Crippen LogP contribution in [0.15, 0.2) is 54.6 Å². The van der Waals surface area contributed by atoms with Crippen LogP contribution in [0.1, 0.15) is 38.9 Å². The quantitative estimate of drug-likeness (QED) is 0.277. The first kappa shape index (κ1) is 22.7. The third kappa shape index (κ3) is 4.71. The number of nitrogens with one attached hydrogen (secondary N) is 2. The zero-order valence-electron chi connectivity index (χ0n) is 20.9. The van der Waals surface area contributed by atoms with Crippen LogP contribution in [0.3, 0.4) is 0 Å². The van der Waals surface area contributed by atoms with Gasteiger partial charge in [0.1, 0.15) is 11.6 Å². The Bertz CT molecular complexity index is 1490. The zero-order valence-corrected chi connectivity index (χ0v) is 20.9. The van der Waals surface area contributed by atoms with Crippen LogP contribution in [0.2, 0.25) is 0 Å². The highest BCUT2D eigenvalue weighted by atomic mass is 16.5. The molecule has 7 nitrogen and oxygen atoms in total. The molecule has 0 atom stereocenters. The van der Waals surface area contributed by atoms with Crippen molar-refractivity contribution in [2.75, 3.05) is 19.7 Å². The fourth-order valence-corrected chi connectivity index (χ4v) is 4.89. The lowest BCUT2D eigenvalue weighted by molar-refractivity contribution is 0.290. The molecule has 3 aromatic carbocycles. The van der Waals surface area contributed by atoms with Crippen LogP contribution >= 0.6 is 0 Å². The molecule has 2 aromatic heterocycles. The Morgan fingerprint density at radius 1 is 0.889 bits per heavy atom. The van der Waals surface area contributed by atoms with Gasteiger partial charge in [0.25, 0.3) is 0 Å². The van der Waals surface area contributed by atoms with Gasteiger partial charge >= 0.3 is 0 Å². The number of aromatic amines is 2. The molecule has 0 radical (unpaired) electrons. The lowest BCUT2D eigenvalue weighted by Crippen LogP contribution is -2.19. The molecule has 7 heteroatoms. The fraction of sp³-hybridized carbons (Fsp3) is 0.345. The number of rotatable bonds is 8. The van der Waals surface area contributed by atoms with E-state index in [1.807, 2.05) is 6.07 Å². The van der Waals surface area contributed by atoms with Gasteiger partial charge in [-0.05, 0) is 85.4 Å². The average Bonchev–Trinajstić information content (AvgIpc) is 3.65. The predicted molar refractivity (Wildman–Crippen MR) is 144 cm³/mol. The minimum atomic E-state index is 0.637. The van der Waals surface area contributed by atoms with E-state index >= 15 is 0 Å². The second kappa shape index (κ2) is 9.74. The van der Waals surface area contributed by atoms with Crippen LogP contribution in [0.4, 0.5) is 0 Å². The summed E-state index contributed by atoms with van der Waals surface area (Å²) in [6.45, 7) is 8.27. The van der Waals surface area contributed by atoms with E-state index in [4.69, 9.17) is 9.72 Å². The van der Waals surface area contributed by atoms with Gasteiger partial charge in [0.15, 0.2) is 5.82 Å². The number of likely N-dealkylation sites (tertiary alicyclic amines) is 1. The van der Waals surface area contributed by atoms with E-state index in [2.05, 4.69) is 87.7 Å². The molecular formula is C29H32N6O. The molecule has 6 rings (SSSR count). The highest BCUT2D eigenvalue weighted by Gasteiger charge is 2.16. The monoisotopic (exact) mass is 480 g/mol. The lowest BCUT2D eigenvalue weighted by Gasteiger charge is -2.11. The van der Waals surface area contributed by atoms with Crippen LogP contribution < -0.4 is 4.74 Å². The van der Waals surface area contributed by atoms with Crippen molar-refractivity contribution in [1.29, 1.82) is 0 Å². The molecule has 1 aliphatic heterocycles. The van der Waals surface area contributed by atoms with Crippen molar-refractivity contribution in [2.45, 2.75) is 39.7 Å². The maximum absolute atomic E-state index is 5.94. The summed E-state index contributed by atoms with van der Waals surface area (Å²) in [7, 11) is 0. The number of hydrogen-bond acceptors (Lipinski definition) is 5. The second-order valence-corrected chi connectivity index (χ2v) is 10.2. The molecule has 0 amide bonds. The van der Waals surface area contributed by atoms with Gasteiger partial charge in [0.2, 0.25) is 0 Å². The van der Waals surface area contributed by atoms with Gasteiger partial charge in [0.05, 0.1) is 24.4 Å². The highest BCUT2D eigenvalue weighted by molar-refractivity contribution is 5.97. The van der Waals surface area contributed by atoms with E-state index in [0.29, 0.717) is 5.92 Å². The maximum atomic E-state index is 5.94. The molecule has 0 spiro atoms. The molecule has 5 aromatic rings. The molecule has 0 unspecified atom stereocenters. The van der Waals surface area contributed by atoms with Crippen LogP contribution in [-0.2, 0) is 6.54 Å². The SMILES string of the molecule is CC(C)CCOc1ccc2cc(-c3n[nH]c4ccc(-c5n[nH]c(CN6CCCC6)n5)cc34)ccc2c1. The summed E-state index contributed by atoms with van der Waals surface area (Å²) in [4.78, 5) is 7.19. The van der Waals surface area contributed by atoms with Gasteiger partial charge in [-0.1, -0.05) is 32.0 Å². The minimum Gasteiger partial charge on any atom is -0.494 e. The number of fused-ring (bicyclic) bond motifs is 2. The number of ether oxygens (including phenoxy) is 1.